The fourth-order valence-corrected chi connectivity index (χ4v) is 7.04. The molecule has 0 radical (unpaired) electrons. The number of thiazole rings is 1. The average molecular weight is 626 g/mol. The molecule has 2 aliphatic heterocycles. The number of hydrogen-bond donors (Lipinski definition) is 2. The molecular weight excluding hydrogens is 582 g/mol. The van der Waals surface area contributed by atoms with Gasteiger partial charge in [-0.2, -0.15) is 0 Å². The van der Waals surface area contributed by atoms with Crippen LogP contribution in [0.1, 0.15) is 63.0 Å². The molecule has 3 aromatic rings. The number of nitrogens with zero attached hydrogens (tertiary/aromatic N) is 4. The van der Waals surface area contributed by atoms with Crippen molar-refractivity contribution >= 4 is 28.5 Å². The van der Waals surface area contributed by atoms with Crippen molar-refractivity contribution in [1.29, 1.82) is 0 Å². The number of amides is 1. The van der Waals surface area contributed by atoms with Crippen molar-refractivity contribution in [3.63, 3.8) is 0 Å². The largest absolute Gasteiger partial charge is 0.390 e. The number of morpholine rings is 1. The zero-order valence-electron chi connectivity index (χ0n) is 26.6. The van der Waals surface area contributed by atoms with E-state index in [1.54, 1.807) is 12.4 Å². The first-order valence-electron chi connectivity index (χ1n) is 15.8. The van der Waals surface area contributed by atoms with Crippen LogP contribution in [0, 0.1) is 0 Å². The molecule has 0 saturated carbocycles. The third-order valence-corrected chi connectivity index (χ3v) is 9.84. The number of carbonyl (C=O) groups excluding carboxylic acids is 1. The lowest BCUT2D eigenvalue weighted by atomic mass is 9.74. The predicted molar refractivity (Wildman–Crippen MR) is 181 cm³/mol. The topological polar surface area (TPSA) is 90.8 Å². The number of aromatic nitrogens is 2. The minimum absolute atomic E-state index is 0.200. The van der Waals surface area contributed by atoms with Crippen molar-refractivity contribution in [1.82, 2.24) is 20.2 Å². The molecule has 1 amide bonds. The van der Waals surface area contributed by atoms with E-state index in [2.05, 4.69) is 81.5 Å². The first-order chi connectivity index (χ1) is 21.6. The molecule has 45 heavy (non-hydrogen) atoms. The number of benzene rings is 1. The number of fused-ring (bicyclic) bond motifs is 1. The number of pyridine rings is 1. The lowest BCUT2D eigenvalue weighted by Crippen LogP contribution is -2.48. The third kappa shape index (κ3) is 7.21. The van der Waals surface area contributed by atoms with Gasteiger partial charge in [-0.15, -0.1) is 11.3 Å². The Morgan fingerprint density at radius 3 is 2.67 bits per heavy atom. The molecule has 8 nitrogen and oxygen atoms in total. The highest BCUT2D eigenvalue weighted by atomic mass is 32.1. The van der Waals surface area contributed by atoms with Gasteiger partial charge < -0.3 is 25.0 Å². The van der Waals surface area contributed by atoms with Gasteiger partial charge in [-0.25, -0.2) is 4.98 Å². The highest BCUT2D eigenvalue weighted by molar-refractivity contribution is 7.13. The number of allylic oxidation sites excluding steroid dienone is 2. The maximum atomic E-state index is 13.9. The Morgan fingerprint density at radius 1 is 1.18 bits per heavy atom. The molecule has 1 fully saturated rings. The van der Waals surface area contributed by atoms with E-state index in [0.717, 1.165) is 61.0 Å². The summed E-state index contributed by atoms with van der Waals surface area (Å²) in [6.07, 6.45) is 12.5. The number of carbonyl (C=O) groups is 1. The van der Waals surface area contributed by atoms with Crippen molar-refractivity contribution in [3.05, 3.63) is 94.9 Å². The van der Waals surface area contributed by atoms with Gasteiger partial charge in [0.25, 0.3) is 5.91 Å². The van der Waals surface area contributed by atoms with Crippen LogP contribution in [-0.4, -0.2) is 75.9 Å². The summed E-state index contributed by atoms with van der Waals surface area (Å²) in [7, 11) is 0. The first-order valence-corrected chi connectivity index (χ1v) is 16.7. The van der Waals surface area contributed by atoms with E-state index in [4.69, 9.17) is 4.74 Å². The molecular formula is C36H43N5O3S. The van der Waals surface area contributed by atoms with Crippen LogP contribution in [0.15, 0.2) is 83.7 Å². The second-order valence-electron chi connectivity index (χ2n) is 13.1. The lowest BCUT2D eigenvalue weighted by Gasteiger charge is -2.39. The van der Waals surface area contributed by atoms with Gasteiger partial charge in [-0.1, -0.05) is 18.2 Å². The first kappa shape index (κ1) is 31.2. The monoisotopic (exact) mass is 625 g/mol. The summed E-state index contributed by atoms with van der Waals surface area (Å²) in [5.74, 6) is -0.200. The summed E-state index contributed by atoms with van der Waals surface area (Å²) in [5.41, 5.74) is 5.59. The van der Waals surface area contributed by atoms with Crippen LogP contribution in [0.5, 0.6) is 0 Å². The molecule has 9 heteroatoms. The molecule has 2 unspecified atom stereocenters. The maximum Gasteiger partial charge on any atom is 0.271 e. The molecule has 0 bridgehead atoms. The third-order valence-electron chi connectivity index (χ3n) is 8.95. The molecule has 3 aliphatic rings. The molecule has 0 spiro atoms. The fourth-order valence-electron chi connectivity index (χ4n) is 6.25. The summed E-state index contributed by atoms with van der Waals surface area (Å²) >= 11 is 1.45. The molecule has 1 saturated heterocycles. The maximum absolute atomic E-state index is 13.9. The van der Waals surface area contributed by atoms with Crippen molar-refractivity contribution < 1.29 is 14.6 Å². The number of hydrogen-bond acceptors (Lipinski definition) is 8. The number of anilines is 1. The molecule has 1 aliphatic carbocycles. The van der Waals surface area contributed by atoms with Crippen LogP contribution >= 0.6 is 11.3 Å². The Bertz CT molecular complexity index is 1600. The SMILES string of the molecule is CC1CC=C2C=C(c3ccc(N4CCOCC4)cc3)C(C)(NC(=O)c3csc(-c4cccnc4)n3)CC2=CN1CCC(C)(C)O. The number of nitrogens with one attached hydrogen (secondary N) is 1. The van der Waals surface area contributed by atoms with E-state index in [-0.39, 0.29) is 5.91 Å². The van der Waals surface area contributed by atoms with Gasteiger partial charge in [0.2, 0.25) is 0 Å². The molecule has 6 rings (SSSR count). The number of aliphatic hydroxyl groups is 1. The normalized spacial score (nSPS) is 22.2. The summed E-state index contributed by atoms with van der Waals surface area (Å²) in [4.78, 5) is 27.4. The van der Waals surface area contributed by atoms with E-state index in [1.165, 1.54) is 28.2 Å². The van der Waals surface area contributed by atoms with Crippen molar-refractivity contribution in [3.8, 4) is 10.6 Å². The summed E-state index contributed by atoms with van der Waals surface area (Å²) < 4.78 is 5.55. The highest BCUT2D eigenvalue weighted by Crippen LogP contribution is 2.43. The van der Waals surface area contributed by atoms with Gasteiger partial charge in [0.1, 0.15) is 10.7 Å². The van der Waals surface area contributed by atoms with E-state index >= 15 is 0 Å². The molecule has 4 heterocycles. The highest BCUT2D eigenvalue weighted by Gasteiger charge is 2.38. The predicted octanol–water partition coefficient (Wildman–Crippen LogP) is 6.08. The van der Waals surface area contributed by atoms with Gasteiger partial charge in [0, 0.05) is 67.3 Å². The van der Waals surface area contributed by atoms with Crippen LogP contribution in [0.3, 0.4) is 0 Å². The van der Waals surface area contributed by atoms with Crippen molar-refractivity contribution in [2.45, 2.75) is 64.1 Å². The summed E-state index contributed by atoms with van der Waals surface area (Å²) in [5, 5.41) is 16.4. The Kier molecular flexibility index (Phi) is 8.95. The molecule has 1 aromatic carbocycles. The van der Waals surface area contributed by atoms with E-state index in [9.17, 15) is 9.90 Å². The van der Waals surface area contributed by atoms with Crippen molar-refractivity contribution in [2.75, 3.05) is 37.7 Å². The smallest absolute Gasteiger partial charge is 0.271 e. The summed E-state index contributed by atoms with van der Waals surface area (Å²) in [6, 6.07) is 12.8. The van der Waals surface area contributed by atoms with Crippen molar-refractivity contribution in [2.24, 2.45) is 0 Å². The Balaban J connectivity index is 1.33. The minimum Gasteiger partial charge on any atom is -0.390 e. The van der Waals surface area contributed by atoms with Crippen LogP contribution in [0.4, 0.5) is 5.69 Å². The van der Waals surface area contributed by atoms with Gasteiger partial charge in [-0.3, -0.25) is 9.78 Å². The average Bonchev–Trinajstić information content (AvgIpc) is 3.48. The van der Waals surface area contributed by atoms with E-state index < -0.39 is 11.1 Å². The molecule has 2 atom stereocenters. The Hall–Kier alpha value is -3.79. The zero-order valence-corrected chi connectivity index (χ0v) is 27.4. The Morgan fingerprint density at radius 2 is 1.96 bits per heavy atom. The Labute approximate surface area is 270 Å². The minimum atomic E-state index is -0.738. The van der Waals surface area contributed by atoms with Crippen LogP contribution < -0.4 is 10.2 Å². The van der Waals surface area contributed by atoms with Gasteiger partial charge in [0.05, 0.1) is 24.4 Å². The van der Waals surface area contributed by atoms with Gasteiger partial charge >= 0.3 is 0 Å². The van der Waals surface area contributed by atoms with Crippen LogP contribution in [-0.2, 0) is 4.74 Å². The van der Waals surface area contributed by atoms with Gasteiger partial charge in [0.15, 0.2) is 0 Å². The van der Waals surface area contributed by atoms with Gasteiger partial charge in [-0.05, 0) is 93.2 Å². The van der Waals surface area contributed by atoms with E-state index in [0.29, 0.717) is 24.6 Å². The molecule has 2 aromatic heterocycles. The number of ether oxygens (including phenoxy) is 1. The van der Waals surface area contributed by atoms with Crippen LogP contribution in [0.25, 0.3) is 16.1 Å². The quantitative estimate of drug-likeness (QED) is 0.314. The summed E-state index contributed by atoms with van der Waals surface area (Å²) in [6.45, 7) is 12.1. The number of rotatable bonds is 8. The zero-order chi connectivity index (χ0) is 31.6. The molecule has 236 valence electrons. The lowest BCUT2D eigenvalue weighted by molar-refractivity contribution is 0.0595. The second-order valence-corrected chi connectivity index (χ2v) is 14.0. The molecule has 2 N–H and O–H groups in total. The van der Waals surface area contributed by atoms with Crippen LogP contribution in [0.2, 0.25) is 0 Å². The fraction of sp³-hybridized carbons (Fsp3) is 0.417. The standard InChI is InChI=1S/C36H43N5O3S/c1-25-7-8-27-20-31(26-9-11-30(12-10-26)40-16-18-44-19-17-40)36(4,21-29(27)23-41(25)15-13-35(2,3)43)39-33(42)32-24-45-34(38-32)28-6-5-14-37-22-28/h5-6,8-12,14,20,22-25,43H,7,13,15-19,21H2,1-4H3,(H,39,42). The second kappa shape index (κ2) is 12.9. The van der Waals surface area contributed by atoms with E-state index in [1.807, 2.05) is 31.4 Å².